The van der Waals surface area contributed by atoms with Crippen LogP contribution in [0.5, 0.6) is 23.0 Å². The average molecular weight is 567 g/mol. The van der Waals surface area contributed by atoms with Gasteiger partial charge in [0.2, 0.25) is 0 Å². The Hall–Kier alpha value is -4.91. The highest BCUT2D eigenvalue weighted by molar-refractivity contribution is 6.11. The Morgan fingerprint density at radius 1 is 0.524 bits per heavy atom. The van der Waals surface area contributed by atoms with Gasteiger partial charge in [0.25, 0.3) is 0 Å². The molecule has 0 saturated heterocycles. The van der Waals surface area contributed by atoms with Gasteiger partial charge in [-0.15, -0.1) is 0 Å². The van der Waals surface area contributed by atoms with Crippen LogP contribution in [0.15, 0.2) is 84.9 Å². The fourth-order valence-electron chi connectivity index (χ4n) is 4.54. The van der Waals surface area contributed by atoms with Crippen molar-refractivity contribution in [2.45, 2.75) is 52.4 Å². The Morgan fingerprint density at radius 3 is 1.17 bits per heavy atom. The molecule has 0 aliphatic heterocycles. The van der Waals surface area contributed by atoms with Crippen molar-refractivity contribution in [3.8, 4) is 23.0 Å². The number of carbonyl (C=O) groups excluding carboxylic acids is 3. The molecule has 0 aromatic heterocycles. The van der Waals surface area contributed by atoms with Crippen LogP contribution in [0.25, 0.3) is 0 Å². The van der Waals surface area contributed by atoms with E-state index in [1.165, 1.54) is 48.5 Å². The molecular formula is C35H34O7. The number of benzene rings is 4. The quantitative estimate of drug-likeness (QED) is 0.140. The zero-order valence-corrected chi connectivity index (χ0v) is 24.5. The number of carbonyl (C=O) groups is 3. The van der Waals surface area contributed by atoms with Gasteiger partial charge in [0, 0.05) is 11.1 Å². The number of hydrogen-bond acceptors (Lipinski definition) is 7. The van der Waals surface area contributed by atoms with Crippen molar-refractivity contribution in [2.24, 2.45) is 0 Å². The minimum Gasteiger partial charge on any atom is -0.507 e. The maximum absolute atomic E-state index is 13.0. The summed E-state index contributed by atoms with van der Waals surface area (Å²) in [5.41, 5.74) is 1.67. The summed E-state index contributed by atoms with van der Waals surface area (Å²) in [4.78, 5) is 38.4. The van der Waals surface area contributed by atoms with E-state index in [2.05, 4.69) is 0 Å². The van der Waals surface area contributed by atoms with E-state index in [9.17, 15) is 24.6 Å². The molecule has 0 aliphatic carbocycles. The van der Waals surface area contributed by atoms with Crippen molar-refractivity contribution in [2.75, 3.05) is 0 Å². The molecule has 0 aliphatic rings. The Labute approximate surface area is 245 Å². The summed E-state index contributed by atoms with van der Waals surface area (Å²) in [6.07, 6.45) is -1.00. The lowest BCUT2D eigenvalue weighted by atomic mass is 9.84. The first-order valence-corrected chi connectivity index (χ1v) is 13.5. The SMILES string of the molecule is CC(C)(C)c1cccc(C(=O)c2ccc(OC(=O)Oc3ccc(C(=O)c4cccc(C(C)(C)C)c4O)cc3)cc2)c1O. The Kier molecular flexibility index (Phi) is 8.25. The molecule has 0 amide bonds. The van der Waals surface area contributed by atoms with Crippen LogP contribution in [0.2, 0.25) is 0 Å². The Morgan fingerprint density at radius 2 is 0.857 bits per heavy atom. The molecule has 4 aromatic rings. The van der Waals surface area contributed by atoms with Gasteiger partial charge in [-0.25, -0.2) is 4.79 Å². The van der Waals surface area contributed by atoms with Crippen LogP contribution in [-0.4, -0.2) is 27.9 Å². The smallest absolute Gasteiger partial charge is 0.507 e. The summed E-state index contributed by atoms with van der Waals surface area (Å²) in [5.74, 6) is -0.513. The lowest BCUT2D eigenvalue weighted by molar-refractivity contribution is 0.102. The third-order valence-corrected chi connectivity index (χ3v) is 6.81. The van der Waals surface area contributed by atoms with Gasteiger partial charge >= 0.3 is 6.16 Å². The normalized spacial score (nSPS) is 11.6. The number of ketones is 2. The lowest BCUT2D eigenvalue weighted by Crippen LogP contribution is -2.14. The standard InChI is InChI=1S/C35H34O7/c1-34(2,3)27-11-7-9-25(31(27)38)29(36)21-13-17-23(18-14-21)41-33(40)42-24-19-15-22(16-20-24)30(37)26-10-8-12-28(32(26)39)35(4,5)6/h7-20,38-39H,1-6H3. The maximum atomic E-state index is 13.0. The topological polar surface area (TPSA) is 110 Å². The summed E-state index contributed by atoms with van der Waals surface area (Å²) in [6, 6.07) is 22.0. The number of phenols is 2. The van der Waals surface area contributed by atoms with Gasteiger partial charge in [0.15, 0.2) is 11.6 Å². The monoisotopic (exact) mass is 566 g/mol. The summed E-state index contributed by atoms with van der Waals surface area (Å²) in [6.45, 7) is 11.7. The number of rotatable bonds is 6. The summed E-state index contributed by atoms with van der Waals surface area (Å²) in [7, 11) is 0. The van der Waals surface area contributed by atoms with E-state index >= 15 is 0 Å². The molecule has 0 saturated carbocycles. The fraction of sp³-hybridized carbons (Fsp3) is 0.229. The second-order valence-corrected chi connectivity index (χ2v) is 12.1. The number of phenolic OH excluding ortho intramolecular Hbond substituents is 2. The van der Waals surface area contributed by atoms with Crippen LogP contribution in [0.4, 0.5) is 4.79 Å². The number of para-hydroxylation sites is 2. The molecular weight excluding hydrogens is 532 g/mol. The minimum absolute atomic E-state index is 0.0538. The van der Waals surface area contributed by atoms with Gasteiger partial charge < -0.3 is 19.7 Å². The van der Waals surface area contributed by atoms with Gasteiger partial charge in [0.1, 0.15) is 23.0 Å². The summed E-state index contributed by atoms with van der Waals surface area (Å²) < 4.78 is 10.5. The van der Waals surface area contributed by atoms with Crippen molar-refractivity contribution in [1.29, 1.82) is 0 Å². The van der Waals surface area contributed by atoms with Crippen LogP contribution in [0, 0.1) is 0 Å². The van der Waals surface area contributed by atoms with Gasteiger partial charge in [-0.3, -0.25) is 9.59 Å². The lowest BCUT2D eigenvalue weighted by Gasteiger charge is -2.21. The van der Waals surface area contributed by atoms with Gasteiger partial charge in [-0.1, -0.05) is 65.8 Å². The molecule has 0 bridgehead atoms. The molecule has 0 fully saturated rings. The number of ether oxygens (including phenoxy) is 2. The molecule has 7 nitrogen and oxygen atoms in total. The van der Waals surface area contributed by atoms with Crippen LogP contribution in [-0.2, 0) is 10.8 Å². The van der Waals surface area contributed by atoms with E-state index < -0.39 is 6.16 Å². The molecule has 0 spiro atoms. The molecule has 216 valence electrons. The average Bonchev–Trinajstić information content (AvgIpc) is 2.92. The molecule has 4 aromatic carbocycles. The van der Waals surface area contributed by atoms with E-state index in [1.807, 2.05) is 41.5 Å². The summed E-state index contributed by atoms with van der Waals surface area (Å²) in [5, 5.41) is 21.4. The third-order valence-electron chi connectivity index (χ3n) is 6.81. The zero-order chi connectivity index (χ0) is 30.8. The van der Waals surface area contributed by atoms with E-state index in [0.717, 1.165) is 0 Å². The van der Waals surface area contributed by atoms with Gasteiger partial charge in [-0.05, 0) is 82.6 Å². The zero-order valence-electron chi connectivity index (χ0n) is 24.5. The van der Waals surface area contributed by atoms with Gasteiger partial charge in [-0.2, -0.15) is 0 Å². The predicted molar refractivity (Wildman–Crippen MR) is 160 cm³/mol. The van der Waals surface area contributed by atoms with Crippen LogP contribution < -0.4 is 9.47 Å². The second kappa shape index (κ2) is 11.5. The molecule has 42 heavy (non-hydrogen) atoms. The first-order valence-electron chi connectivity index (χ1n) is 13.5. The van der Waals surface area contributed by atoms with Crippen LogP contribution >= 0.6 is 0 Å². The second-order valence-electron chi connectivity index (χ2n) is 12.1. The largest absolute Gasteiger partial charge is 0.519 e. The van der Waals surface area contributed by atoms with Crippen molar-refractivity contribution in [3.05, 3.63) is 118 Å². The van der Waals surface area contributed by atoms with E-state index in [0.29, 0.717) is 22.3 Å². The van der Waals surface area contributed by atoms with Crippen molar-refractivity contribution < 1.29 is 34.1 Å². The molecule has 2 N–H and O–H groups in total. The van der Waals surface area contributed by atoms with Crippen molar-refractivity contribution in [3.63, 3.8) is 0 Å². The highest BCUT2D eigenvalue weighted by atomic mass is 16.7. The molecule has 4 rings (SSSR count). The molecule has 0 unspecified atom stereocenters. The fourth-order valence-corrected chi connectivity index (χ4v) is 4.54. The maximum Gasteiger partial charge on any atom is 0.519 e. The van der Waals surface area contributed by atoms with E-state index in [1.54, 1.807) is 36.4 Å². The Bertz CT molecular complexity index is 1510. The highest BCUT2D eigenvalue weighted by Gasteiger charge is 2.24. The van der Waals surface area contributed by atoms with E-state index in [4.69, 9.17) is 9.47 Å². The first-order chi connectivity index (χ1) is 19.7. The first kappa shape index (κ1) is 30.1. The number of aromatic hydroxyl groups is 2. The molecule has 0 atom stereocenters. The number of hydrogen-bond donors (Lipinski definition) is 2. The molecule has 0 heterocycles. The van der Waals surface area contributed by atoms with Crippen molar-refractivity contribution >= 4 is 17.7 Å². The van der Waals surface area contributed by atoms with Crippen LogP contribution in [0.1, 0.15) is 84.5 Å². The molecule has 0 radical (unpaired) electrons. The van der Waals surface area contributed by atoms with Crippen LogP contribution in [0.3, 0.4) is 0 Å². The predicted octanol–water partition coefficient (Wildman–Crippen LogP) is 7.73. The van der Waals surface area contributed by atoms with E-state index in [-0.39, 0.29) is 56.5 Å². The van der Waals surface area contributed by atoms with Crippen molar-refractivity contribution in [1.82, 2.24) is 0 Å². The minimum atomic E-state index is -1.00. The third kappa shape index (κ3) is 6.52. The Balaban J connectivity index is 1.41. The van der Waals surface area contributed by atoms with Gasteiger partial charge in [0.05, 0.1) is 11.1 Å². The highest BCUT2D eigenvalue weighted by Crippen LogP contribution is 2.35. The summed E-state index contributed by atoms with van der Waals surface area (Å²) >= 11 is 0. The molecule has 7 heteroatoms.